The lowest BCUT2D eigenvalue weighted by Crippen LogP contribution is -1.89. The second kappa shape index (κ2) is 11.7. The Morgan fingerprint density at radius 1 is 0.228 bits per heavy atom. The zero-order chi connectivity index (χ0) is 37.2. The van der Waals surface area contributed by atoms with E-state index in [4.69, 9.17) is 0 Å². The van der Waals surface area contributed by atoms with Crippen LogP contribution in [-0.4, -0.2) is 0 Å². The van der Waals surface area contributed by atoms with E-state index >= 15 is 0 Å². The van der Waals surface area contributed by atoms with Gasteiger partial charge in [0.25, 0.3) is 0 Å². The van der Waals surface area contributed by atoms with E-state index in [1.165, 1.54) is 129 Å². The lowest BCUT2D eigenvalue weighted by Gasteiger charge is -2.16. The first kappa shape index (κ1) is 31.2. The Bertz CT molecular complexity index is 3700. The highest BCUT2D eigenvalue weighted by molar-refractivity contribution is 7.25. The van der Waals surface area contributed by atoms with Gasteiger partial charge in [0.1, 0.15) is 0 Å². The van der Waals surface area contributed by atoms with Gasteiger partial charge in [-0.15, -0.1) is 11.3 Å². The van der Waals surface area contributed by atoms with Gasteiger partial charge in [-0.05, 0) is 133 Å². The minimum absolute atomic E-state index is 1.23. The Kier molecular flexibility index (Phi) is 6.41. The molecular weight excluding hydrogens is 705 g/mol. The second-order valence-corrected chi connectivity index (χ2v) is 16.7. The SMILES string of the molecule is c1ccc(-c2ccc3ccc4c(-c5ccc(-c6ccc7sc8ccc(-c9ccc%10ccc%11cccc%12ccc9c%10c%11%12)cc8c7c6)cc5)ccc5ccc2c3c54)cc1. The van der Waals surface area contributed by atoms with Crippen LogP contribution >= 0.6 is 11.3 Å². The number of benzene rings is 12. The van der Waals surface area contributed by atoms with Gasteiger partial charge in [0.15, 0.2) is 0 Å². The van der Waals surface area contributed by atoms with Crippen LogP contribution in [0.2, 0.25) is 0 Å². The molecule has 12 aromatic carbocycles. The third-order valence-electron chi connectivity index (χ3n) is 12.6. The van der Waals surface area contributed by atoms with Crippen LogP contribution in [-0.2, 0) is 0 Å². The van der Waals surface area contributed by atoms with Crippen molar-refractivity contribution in [2.45, 2.75) is 0 Å². The summed E-state index contributed by atoms with van der Waals surface area (Å²) in [4.78, 5) is 0. The van der Waals surface area contributed by atoms with Gasteiger partial charge in [-0.1, -0.05) is 170 Å². The maximum atomic E-state index is 2.42. The zero-order valence-corrected chi connectivity index (χ0v) is 31.7. The fourth-order valence-corrected chi connectivity index (χ4v) is 10.9. The second-order valence-electron chi connectivity index (χ2n) is 15.6. The van der Waals surface area contributed by atoms with E-state index in [9.17, 15) is 0 Å². The van der Waals surface area contributed by atoms with Crippen molar-refractivity contribution in [3.8, 4) is 44.5 Å². The van der Waals surface area contributed by atoms with Gasteiger partial charge < -0.3 is 0 Å². The Labute approximate surface area is 333 Å². The van der Waals surface area contributed by atoms with Gasteiger partial charge in [0.2, 0.25) is 0 Å². The van der Waals surface area contributed by atoms with Crippen LogP contribution in [0.5, 0.6) is 0 Å². The minimum Gasteiger partial charge on any atom is -0.135 e. The van der Waals surface area contributed by atoms with Crippen LogP contribution in [0.15, 0.2) is 194 Å². The predicted molar refractivity (Wildman–Crippen MR) is 248 cm³/mol. The van der Waals surface area contributed by atoms with Crippen LogP contribution in [0.3, 0.4) is 0 Å². The molecule has 57 heavy (non-hydrogen) atoms. The van der Waals surface area contributed by atoms with Crippen molar-refractivity contribution in [1.82, 2.24) is 0 Å². The van der Waals surface area contributed by atoms with E-state index in [1.807, 2.05) is 11.3 Å². The van der Waals surface area contributed by atoms with Crippen LogP contribution < -0.4 is 0 Å². The van der Waals surface area contributed by atoms with Crippen LogP contribution in [0.25, 0.3) is 129 Å². The minimum atomic E-state index is 1.23. The molecule has 0 atom stereocenters. The largest absolute Gasteiger partial charge is 0.135 e. The molecule has 13 rings (SSSR count). The highest BCUT2D eigenvalue weighted by Gasteiger charge is 2.17. The van der Waals surface area contributed by atoms with Gasteiger partial charge >= 0.3 is 0 Å². The summed E-state index contributed by atoms with van der Waals surface area (Å²) >= 11 is 1.88. The highest BCUT2D eigenvalue weighted by atomic mass is 32.1. The van der Waals surface area contributed by atoms with Crippen LogP contribution in [0.1, 0.15) is 0 Å². The van der Waals surface area contributed by atoms with Crippen molar-refractivity contribution in [3.05, 3.63) is 194 Å². The average molecular weight is 737 g/mol. The molecule has 0 spiro atoms. The van der Waals surface area contributed by atoms with Crippen molar-refractivity contribution < 1.29 is 0 Å². The molecule has 0 radical (unpaired) electrons. The molecule has 1 aromatic heterocycles. The van der Waals surface area contributed by atoms with E-state index in [-0.39, 0.29) is 0 Å². The molecule has 0 aliphatic rings. The lowest BCUT2D eigenvalue weighted by atomic mass is 9.87. The third kappa shape index (κ3) is 4.55. The third-order valence-corrected chi connectivity index (χ3v) is 13.7. The molecule has 0 amide bonds. The maximum absolute atomic E-state index is 2.42. The van der Waals surface area contributed by atoms with E-state index in [1.54, 1.807) is 0 Å². The quantitative estimate of drug-likeness (QED) is 0.158. The average Bonchev–Trinajstić information content (AvgIpc) is 3.65. The summed E-state index contributed by atoms with van der Waals surface area (Å²) < 4.78 is 2.64. The van der Waals surface area contributed by atoms with E-state index in [0.717, 1.165) is 0 Å². The molecule has 0 unspecified atom stereocenters. The molecule has 0 fully saturated rings. The fraction of sp³-hybridized carbons (Fsp3) is 0. The first-order valence-corrected chi connectivity index (χ1v) is 20.6. The maximum Gasteiger partial charge on any atom is 0.0355 e. The Balaban J connectivity index is 0.901. The molecule has 0 aliphatic heterocycles. The van der Waals surface area contributed by atoms with Crippen molar-refractivity contribution >= 4 is 96.1 Å². The number of hydrogen-bond acceptors (Lipinski definition) is 1. The normalized spacial score (nSPS) is 12.2. The summed E-state index contributed by atoms with van der Waals surface area (Å²) in [6.07, 6.45) is 0. The molecule has 0 saturated heterocycles. The molecule has 0 N–H and O–H groups in total. The van der Waals surface area contributed by atoms with E-state index < -0.39 is 0 Å². The Morgan fingerprint density at radius 2 is 0.632 bits per heavy atom. The first-order chi connectivity index (χ1) is 28.2. The van der Waals surface area contributed by atoms with Gasteiger partial charge in [0.05, 0.1) is 0 Å². The Hall–Kier alpha value is -7.06. The van der Waals surface area contributed by atoms with Gasteiger partial charge in [0, 0.05) is 20.2 Å². The van der Waals surface area contributed by atoms with Crippen LogP contribution in [0.4, 0.5) is 0 Å². The van der Waals surface area contributed by atoms with Gasteiger partial charge in [-0.2, -0.15) is 0 Å². The molecular formula is C56H32S. The zero-order valence-electron chi connectivity index (χ0n) is 30.9. The summed E-state index contributed by atoms with van der Waals surface area (Å²) in [6, 6.07) is 72.8. The Morgan fingerprint density at radius 3 is 1.21 bits per heavy atom. The summed E-state index contributed by atoms with van der Waals surface area (Å²) in [5.74, 6) is 0. The summed E-state index contributed by atoms with van der Waals surface area (Å²) in [7, 11) is 0. The standard InChI is InChI=1S/C56H32S/c1-2-5-34(6-3-1)43-23-15-39-20-28-47-44(24-16-40-19-27-46(43)55(39)56(40)47)35-11-9-33(10-12-35)41-21-29-51-49(31-41)50-32-42(22-30-52(50)57-51)45-25-17-38-14-13-36-7-4-8-37-18-26-48(45)54(38)53(36)37/h1-32H. The molecule has 0 aliphatic carbocycles. The van der Waals surface area contributed by atoms with Crippen molar-refractivity contribution in [2.75, 3.05) is 0 Å². The smallest absolute Gasteiger partial charge is 0.0355 e. The van der Waals surface area contributed by atoms with Crippen molar-refractivity contribution in [3.63, 3.8) is 0 Å². The highest BCUT2D eigenvalue weighted by Crippen LogP contribution is 2.45. The predicted octanol–water partition coefficient (Wildman–Crippen LogP) is 16.5. The summed E-state index contributed by atoms with van der Waals surface area (Å²) in [5, 5.41) is 18.5. The number of thiophene rings is 1. The number of rotatable bonds is 4. The van der Waals surface area contributed by atoms with Crippen molar-refractivity contribution in [2.24, 2.45) is 0 Å². The molecule has 0 nitrogen and oxygen atoms in total. The molecule has 0 bridgehead atoms. The molecule has 13 aromatic rings. The molecule has 1 heterocycles. The molecule has 262 valence electrons. The number of hydrogen-bond donors (Lipinski definition) is 0. The summed E-state index contributed by atoms with van der Waals surface area (Å²) in [5.41, 5.74) is 10.1. The topological polar surface area (TPSA) is 0 Å². The molecule has 0 saturated carbocycles. The van der Waals surface area contributed by atoms with Gasteiger partial charge in [-0.3, -0.25) is 0 Å². The van der Waals surface area contributed by atoms with E-state index in [2.05, 4.69) is 194 Å². The molecule has 1 heteroatoms. The van der Waals surface area contributed by atoms with Gasteiger partial charge in [-0.25, -0.2) is 0 Å². The summed E-state index contributed by atoms with van der Waals surface area (Å²) in [6.45, 7) is 0. The van der Waals surface area contributed by atoms with Crippen LogP contribution in [0, 0.1) is 0 Å². The lowest BCUT2D eigenvalue weighted by molar-refractivity contribution is 1.63. The van der Waals surface area contributed by atoms with Crippen molar-refractivity contribution in [1.29, 1.82) is 0 Å². The first-order valence-electron chi connectivity index (χ1n) is 19.7. The monoisotopic (exact) mass is 736 g/mol. The number of fused-ring (bicyclic) bond motifs is 3. The van der Waals surface area contributed by atoms with E-state index in [0.29, 0.717) is 0 Å². The fourth-order valence-electron chi connectivity index (χ4n) is 9.88.